The summed E-state index contributed by atoms with van der Waals surface area (Å²) in [6.45, 7) is 1.64. The van der Waals surface area contributed by atoms with Crippen molar-refractivity contribution in [2.45, 2.75) is 18.0 Å². The van der Waals surface area contributed by atoms with Crippen LogP contribution in [0.2, 0.25) is 0 Å². The molecule has 0 spiro atoms. The molecule has 0 aliphatic rings. The smallest absolute Gasteiger partial charge is 0.227 e. The maximum atomic E-state index is 13.5. The molecule has 0 aromatic heterocycles. The van der Waals surface area contributed by atoms with E-state index in [1.54, 1.807) is 6.92 Å². The molecule has 0 bridgehead atoms. The molecule has 162 valence electrons. The Morgan fingerprint density at radius 3 is 1.28 bits per heavy atom. The SMILES string of the molecule is CC(=O)C(Cl)(Cc1ccccc1)[P+](c1ccccc1)(c1ccccc1)c1ccccc1.[Cl-]. The first-order chi connectivity index (χ1) is 15.1. The quantitative estimate of drug-likeness (QED) is 0.295. The Balaban J connectivity index is 0.00000289. The van der Waals surface area contributed by atoms with Gasteiger partial charge in [0.25, 0.3) is 0 Å². The minimum atomic E-state index is -2.58. The van der Waals surface area contributed by atoms with Crippen molar-refractivity contribution in [2.75, 3.05) is 0 Å². The molecule has 1 unspecified atom stereocenters. The average Bonchev–Trinajstić information content (AvgIpc) is 2.82. The van der Waals surface area contributed by atoms with Crippen molar-refractivity contribution in [1.82, 2.24) is 0 Å². The Bertz CT molecular complexity index is 1040. The molecule has 0 saturated heterocycles. The van der Waals surface area contributed by atoms with Gasteiger partial charge in [-0.05, 0) is 42.0 Å². The maximum absolute atomic E-state index is 13.5. The molecule has 1 atom stereocenters. The molecule has 0 heterocycles. The number of alkyl halides is 1. The van der Waals surface area contributed by atoms with E-state index in [-0.39, 0.29) is 18.2 Å². The Morgan fingerprint density at radius 1 is 0.656 bits per heavy atom. The highest BCUT2D eigenvalue weighted by atomic mass is 35.5. The molecule has 0 aliphatic heterocycles. The van der Waals surface area contributed by atoms with Gasteiger partial charge in [-0.1, -0.05) is 96.5 Å². The first-order valence-electron chi connectivity index (χ1n) is 10.4. The second kappa shape index (κ2) is 10.5. The Labute approximate surface area is 202 Å². The number of hydrogen-bond donors (Lipinski definition) is 0. The predicted molar refractivity (Wildman–Crippen MR) is 135 cm³/mol. The summed E-state index contributed by atoms with van der Waals surface area (Å²) in [7, 11) is -2.58. The van der Waals surface area contributed by atoms with E-state index in [9.17, 15) is 4.79 Å². The van der Waals surface area contributed by atoms with Gasteiger partial charge in [-0.25, -0.2) is 0 Å². The highest BCUT2D eigenvalue weighted by molar-refractivity contribution is 7.98. The van der Waals surface area contributed by atoms with Crippen LogP contribution in [-0.2, 0) is 11.2 Å². The van der Waals surface area contributed by atoms with Crippen molar-refractivity contribution in [3.8, 4) is 0 Å². The van der Waals surface area contributed by atoms with Crippen LogP contribution in [0.15, 0.2) is 121 Å². The molecule has 4 aromatic rings. The summed E-state index contributed by atoms with van der Waals surface area (Å²) in [5, 5.41) is 3.32. The Hall–Kier alpha value is -2.44. The molecule has 32 heavy (non-hydrogen) atoms. The van der Waals surface area contributed by atoms with Gasteiger partial charge in [0.1, 0.15) is 23.2 Å². The summed E-state index contributed by atoms with van der Waals surface area (Å²) in [5.74, 6) is -0.0112. The number of rotatable bonds is 7. The van der Waals surface area contributed by atoms with Crippen LogP contribution in [0.4, 0.5) is 0 Å². The second-order valence-corrected chi connectivity index (χ2v) is 12.2. The van der Waals surface area contributed by atoms with Crippen LogP contribution in [-0.4, -0.2) is 10.4 Å². The molecule has 0 saturated carbocycles. The monoisotopic (exact) mass is 478 g/mol. The van der Waals surface area contributed by atoms with E-state index in [4.69, 9.17) is 11.6 Å². The minimum Gasteiger partial charge on any atom is -1.00 e. The van der Waals surface area contributed by atoms with Gasteiger partial charge in [0.05, 0.1) is 0 Å². The van der Waals surface area contributed by atoms with E-state index < -0.39 is 11.9 Å². The molecule has 4 rings (SSSR count). The second-order valence-electron chi connectivity index (χ2n) is 7.66. The van der Waals surface area contributed by atoms with Crippen molar-refractivity contribution in [2.24, 2.45) is 0 Å². The van der Waals surface area contributed by atoms with E-state index in [2.05, 4.69) is 48.5 Å². The lowest BCUT2D eigenvalue weighted by molar-refractivity contribution is -0.117. The number of carbonyl (C=O) groups excluding carboxylic acids is 1. The number of ketones is 1. The topological polar surface area (TPSA) is 17.1 Å². The van der Waals surface area contributed by atoms with E-state index in [1.165, 1.54) is 0 Å². The summed E-state index contributed by atoms with van der Waals surface area (Å²) in [5.41, 5.74) is 1.06. The summed E-state index contributed by atoms with van der Waals surface area (Å²) in [6, 6.07) is 41.1. The summed E-state index contributed by atoms with van der Waals surface area (Å²) < 4.78 is -1.13. The number of carbonyl (C=O) groups is 1. The van der Waals surface area contributed by atoms with Crippen LogP contribution in [0, 0.1) is 0 Å². The zero-order valence-corrected chi connectivity index (χ0v) is 20.3. The van der Waals surface area contributed by atoms with Crippen molar-refractivity contribution < 1.29 is 17.2 Å². The minimum absolute atomic E-state index is 0. The first kappa shape index (κ1) is 24.2. The molecule has 4 aromatic carbocycles. The lowest BCUT2D eigenvalue weighted by atomic mass is 10.1. The zero-order chi connectivity index (χ0) is 21.7. The third-order valence-electron chi connectivity index (χ3n) is 5.78. The van der Waals surface area contributed by atoms with Gasteiger partial charge in [-0.3, -0.25) is 4.79 Å². The van der Waals surface area contributed by atoms with Gasteiger partial charge in [0, 0.05) is 13.3 Å². The van der Waals surface area contributed by atoms with E-state index in [1.807, 2.05) is 72.8 Å². The number of hydrogen-bond acceptors (Lipinski definition) is 1. The zero-order valence-electron chi connectivity index (χ0n) is 17.9. The number of benzene rings is 4. The number of halogens is 2. The number of Topliss-reactive ketones (excluding diaryl/α,β-unsaturated/α-hetero) is 1. The molecule has 4 heteroatoms. The third kappa shape index (κ3) is 4.26. The van der Waals surface area contributed by atoms with Crippen LogP contribution in [0.25, 0.3) is 0 Å². The molecule has 0 amide bonds. The van der Waals surface area contributed by atoms with Gasteiger partial charge in [0.15, 0.2) is 5.78 Å². The molecule has 0 N–H and O–H groups in total. The normalized spacial score (nSPS) is 12.9. The summed E-state index contributed by atoms with van der Waals surface area (Å²) in [4.78, 5) is 13.5. The van der Waals surface area contributed by atoms with Crippen molar-refractivity contribution in [3.05, 3.63) is 127 Å². The van der Waals surface area contributed by atoms with Crippen LogP contribution in [0.3, 0.4) is 0 Å². The van der Waals surface area contributed by atoms with Crippen LogP contribution in [0.1, 0.15) is 12.5 Å². The van der Waals surface area contributed by atoms with Gasteiger partial charge < -0.3 is 12.4 Å². The fourth-order valence-corrected chi connectivity index (χ4v) is 10.3. The Kier molecular flexibility index (Phi) is 7.91. The third-order valence-corrected chi connectivity index (χ3v) is 11.7. The van der Waals surface area contributed by atoms with Crippen molar-refractivity contribution in [3.63, 3.8) is 0 Å². The van der Waals surface area contributed by atoms with Gasteiger partial charge in [0.2, 0.25) is 4.62 Å². The lowest BCUT2D eigenvalue weighted by Crippen LogP contribution is -3.00. The highest BCUT2D eigenvalue weighted by Crippen LogP contribution is 2.69. The summed E-state index contributed by atoms with van der Waals surface area (Å²) >= 11 is 7.63. The molecule has 0 fully saturated rings. The molecule has 0 radical (unpaired) electrons. The molecular formula is C28H25Cl2OP. The van der Waals surface area contributed by atoms with Gasteiger partial charge >= 0.3 is 0 Å². The predicted octanol–water partition coefficient (Wildman–Crippen LogP) is 2.75. The molecule has 1 nitrogen and oxygen atoms in total. The summed E-state index contributed by atoms with van der Waals surface area (Å²) in [6.07, 6.45) is 0.456. The highest BCUT2D eigenvalue weighted by Gasteiger charge is 2.64. The van der Waals surface area contributed by atoms with E-state index in [0.717, 1.165) is 21.5 Å². The first-order valence-corrected chi connectivity index (χ1v) is 12.6. The van der Waals surface area contributed by atoms with Crippen molar-refractivity contribution >= 4 is 40.6 Å². The van der Waals surface area contributed by atoms with Gasteiger partial charge in [-0.2, -0.15) is 0 Å². The van der Waals surface area contributed by atoms with Crippen LogP contribution in [0.5, 0.6) is 0 Å². The largest absolute Gasteiger partial charge is 1.00 e. The fourth-order valence-electron chi connectivity index (χ4n) is 4.36. The van der Waals surface area contributed by atoms with Gasteiger partial charge in [-0.15, -0.1) is 0 Å². The fraction of sp³-hybridized carbons (Fsp3) is 0.107. The molecular weight excluding hydrogens is 454 g/mol. The van der Waals surface area contributed by atoms with E-state index >= 15 is 0 Å². The lowest BCUT2D eigenvalue weighted by Gasteiger charge is -2.39. The average molecular weight is 479 g/mol. The maximum Gasteiger partial charge on any atom is 0.227 e. The standard InChI is InChI=1S/C28H25ClOP.ClH/c1-23(30)28(29,22-24-14-6-2-7-15-24)31(25-16-8-3-9-17-25,26-18-10-4-11-19-26)27-20-12-5-13-21-27;/h2-21H,22H2,1H3;1H/q+1;/p-1. The van der Waals surface area contributed by atoms with Crippen LogP contribution >= 0.6 is 18.9 Å². The Morgan fingerprint density at radius 2 is 0.969 bits per heavy atom. The molecule has 0 aliphatic carbocycles. The van der Waals surface area contributed by atoms with Crippen LogP contribution < -0.4 is 28.3 Å². The van der Waals surface area contributed by atoms with E-state index in [0.29, 0.717) is 6.42 Å². The van der Waals surface area contributed by atoms with Crippen molar-refractivity contribution in [1.29, 1.82) is 0 Å².